The van der Waals surface area contributed by atoms with E-state index in [-0.39, 0.29) is 12.5 Å². The molecule has 0 bridgehead atoms. The number of rotatable bonds is 53. The van der Waals surface area contributed by atoms with Gasteiger partial charge >= 0.3 is 0 Å². The Morgan fingerprint density at radius 3 is 1.19 bits per heavy atom. The number of nitrogens with one attached hydrogen (secondary N) is 1. The highest BCUT2D eigenvalue weighted by atomic mass is 31.2. The van der Waals surface area contributed by atoms with Gasteiger partial charge in [-0.1, -0.05) is 242 Å². The quantitative estimate of drug-likeness (QED) is 0.0272. The number of aliphatic hydroxyl groups is 1. The van der Waals surface area contributed by atoms with Crippen LogP contribution in [0.15, 0.2) is 48.6 Å². The van der Waals surface area contributed by atoms with Crippen molar-refractivity contribution in [3.63, 3.8) is 0 Å². The molecule has 9 heteroatoms. The zero-order valence-electron chi connectivity index (χ0n) is 45.6. The molecule has 3 atom stereocenters. The molecule has 0 rings (SSSR count). The second kappa shape index (κ2) is 50.4. The second-order valence-electron chi connectivity index (χ2n) is 21.0. The van der Waals surface area contributed by atoms with Gasteiger partial charge in [0.25, 0.3) is 7.82 Å². The van der Waals surface area contributed by atoms with Crippen LogP contribution in [0.3, 0.4) is 0 Å². The van der Waals surface area contributed by atoms with Crippen LogP contribution in [0.4, 0.5) is 0 Å². The molecule has 2 N–H and O–H groups in total. The maximum absolute atomic E-state index is 13.0. The molecule has 0 aromatic carbocycles. The predicted molar refractivity (Wildman–Crippen MR) is 293 cm³/mol. The van der Waals surface area contributed by atoms with E-state index in [1.54, 1.807) is 6.08 Å². The maximum atomic E-state index is 13.0. The van der Waals surface area contributed by atoms with Crippen molar-refractivity contribution < 1.29 is 32.9 Å². The fourth-order valence-corrected chi connectivity index (χ4v) is 9.14. The van der Waals surface area contributed by atoms with Crippen LogP contribution in [-0.4, -0.2) is 68.5 Å². The first-order valence-corrected chi connectivity index (χ1v) is 30.5. The first-order chi connectivity index (χ1) is 33.0. The Hall–Kier alpha value is -1.54. The van der Waals surface area contributed by atoms with Gasteiger partial charge < -0.3 is 28.8 Å². The maximum Gasteiger partial charge on any atom is 0.268 e. The number of nitrogens with zero attached hydrogens (tertiary/aromatic N) is 1. The minimum absolute atomic E-state index is 0.00972. The first kappa shape index (κ1) is 66.5. The summed E-state index contributed by atoms with van der Waals surface area (Å²) < 4.78 is 23.3. The highest BCUT2D eigenvalue weighted by Crippen LogP contribution is 2.38. The number of hydrogen-bond donors (Lipinski definition) is 2. The minimum atomic E-state index is -4.61. The Kier molecular flexibility index (Phi) is 49.3. The van der Waals surface area contributed by atoms with Gasteiger partial charge in [0.1, 0.15) is 13.2 Å². The Balaban J connectivity index is 4.29. The standard InChI is InChI=1S/C59H113N2O6P/c1-6-8-10-12-14-16-18-20-22-24-26-28-29-30-31-33-34-36-38-40-42-44-46-48-50-52-58(62)57(56-67-68(64,65)66-55-54-61(3,4)5)60-59(63)53-51-49-47-45-43-41-39-37-35-32-27-25-23-21-19-17-15-13-11-9-7-2/h25,27,34,36,42,44,50,52,57-58,62H,6-24,26,28-33,35,37-41,43,45-49,51,53-56H2,1-5H3,(H-,60,63,64,65)/b27-25-,36-34+,44-42+,52-50+. The number of hydrogen-bond acceptors (Lipinski definition) is 6. The molecule has 68 heavy (non-hydrogen) atoms. The first-order valence-electron chi connectivity index (χ1n) is 29.0. The molecular formula is C59H113N2O6P. The summed E-state index contributed by atoms with van der Waals surface area (Å²) in [6.07, 6.45) is 66.2. The highest BCUT2D eigenvalue weighted by Gasteiger charge is 2.23. The number of unbranched alkanes of at least 4 members (excludes halogenated alkanes) is 34. The van der Waals surface area contributed by atoms with E-state index in [4.69, 9.17) is 9.05 Å². The van der Waals surface area contributed by atoms with Crippen molar-refractivity contribution in [2.24, 2.45) is 0 Å². The number of carbonyl (C=O) groups excluding carboxylic acids is 1. The molecule has 1 amide bonds. The molecule has 0 fully saturated rings. The number of phosphoric acid groups is 1. The van der Waals surface area contributed by atoms with Gasteiger partial charge in [0.05, 0.1) is 39.9 Å². The number of allylic oxidation sites excluding steroid dienone is 7. The van der Waals surface area contributed by atoms with Crippen LogP contribution in [0, 0.1) is 0 Å². The van der Waals surface area contributed by atoms with Crippen molar-refractivity contribution in [3.8, 4) is 0 Å². The molecule has 0 aromatic rings. The molecule has 3 unspecified atom stereocenters. The average Bonchev–Trinajstić information content (AvgIpc) is 3.30. The fraction of sp³-hybridized carbons (Fsp3) is 0.847. The van der Waals surface area contributed by atoms with E-state index in [1.165, 1.54) is 205 Å². The molecule has 0 aliphatic rings. The van der Waals surface area contributed by atoms with E-state index >= 15 is 0 Å². The van der Waals surface area contributed by atoms with Crippen molar-refractivity contribution >= 4 is 13.7 Å². The highest BCUT2D eigenvalue weighted by molar-refractivity contribution is 7.45. The SMILES string of the molecule is CCCCCCCCCC/C=C\CCCCCCCCCCCC(=O)NC(COP(=O)([O-])OCC[N+](C)(C)C)C(O)/C=C/CC/C=C/CC/C=C/CCCCCCCCCCCCCCCCC. The summed E-state index contributed by atoms with van der Waals surface area (Å²) in [5, 5.41) is 13.9. The lowest BCUT2D eigenvalue weighted by Gasteiger charge is -2.29. The summed E-state index contributed by atoms with van der Waals surface area (Å²) in [6.45, 7) is 4.65. The van der Waals surface area contributed by atoms with E-state index in [9.17, 15) is 19.4 Å². The normalized spacial score (nSPS) is 14.3. The number of likely N-dealkylation sites (N-methyl/N-ethyl adjacent to an activating group) is 1. The van der Waals surface area contributed by atoms with Gasteiger partial charge in [0.2, 0.25) is 5.91 Å². The summed E-state index contributed by atoms with van der Waals surface area (Å²) >= 11 is 0. The third-order valence-electron chi connectivity index (χ3n) is 13.0. The third kappa shape index (κ3) is 52.3. The number of phosphoric ester groups is 1. The van der Waals surface area contributed by atoms with E-state index in [0.29, 0.717) is 17.4 Å². The third-order valence-corrected chi connectivity index (χ3v) is 14.0. The number of quaternary nitrogens is 1. The lowest BCUT2D eigenvalue weighted by molar-refractivity contribution is -0.870. The molecule has 0 heterocycles. The Morgan fingerprint density at radius 1 is 0.500 bits per heavy atom. The minimum Gasteiger partial charge on any atom is -0.756 e. The molecule has 0 aliphatic carbocycles. The Labute approximate surface area is 422 Å². The molecule has 0 saturated heterocycles. The number of carbonyl (C=O) groups is 1. The smallest absolute Gasteiger partial charge is 0.268 e. The van der Waals surface area contributed by atoms with Crippen molar-refractivity contribution in [3.05, 3.63) is 48.6 Å². The Morgan fingerprint density at radius 2 is 0.824 bits per heavy atom. The van der Waals surface area contributed by atoms with Crippen molar-refractivity contribution in [1.82, 2.24) is 5.32 Å². The average molecular weight is 978 g/mol. The molecule has 0 aromatic heterocycles. The second-order valence-corrected chi connectivity index (χ2v) is 22.4. The van der Waals surface area contributed by atoms with Gasteiger partial charge in [-0.2, -0.15) is 0 Å². The molecule has 0 radical (unpaired) electrons. The lowest BCUT2D eigenvalue weighted by atomic mass is 10.0. The largest absolute Gasteiger partial charge is 0.756 e. The van der Waals surface area contributed by atoms with Crippen molar-refractivity contribution in [2.75, 3.05) is 40.9 Å². The molecule has 400 valence electrons. The molecule has 0 saturated carbocycles. The van der Waals surface area contributed by atoms with Crippen LogP contribution < -0.4 is 10.2 Å². The molecule has 0 aliphatic heterocycles. The summed E-state index contributed by atoms with van der Waals surface area (Å²) in [5.41, 5.74) is 0. The predicted octanol–water partition coefficient (Wildman–Crippen LogP) is 16.9. The number of amides is 1. The fourth-order valence-electron chi connectivity index (χ4n) is 8.42. The summed E-state index contributed by atoms with van der Waals surface area (Å²) in [4.78, 5) is 25.5. The molecule has 8 nitrogen and oxygen atoms in total. The van der Waals surface area contributed by atoms with Crippen LogP contribution in [-0.2, 0) is 18.4 Å². The van der Waals surface area contributed by atoms with Gasteiger partial charge in [-0.25, -0.2) is 0 Å². The summed E-state index contributed by atoms with van der Waals surface area (Å²) in [7, 11) is 1.24. The van der Waals surface area contributed by atoms with Crippen LogP contribution in [0.1, 0.15) is 271 Å². The van der Waals surface area contributed by atoms with Gasteiger partial charge in [-0.3, -0.25) is 9.36 Å². The van der Waals surface area contributed by atoms with Crippen molar-refractivity contribution in [2.45, 2.75) is 283 Å². The monoisotopic (exact) mass is 977 g/mol. The molecular weight excluding hydrogens is 864 g/mol. The van der Waals surface area contributed by atoms with Crippen LogP contribution >= 0.6 is 7.82 Å². The molecule has 0 spiro atoms. The summed E-state index contributed by atoms with van der Waals surface area (Å²) in [5.74, 6) is -0.212. The van der Waals surface area contributed by atoms with E-state index in [0.717, 1.165) is 44.9 Å². The van der Waals surface area contributed by atoms with Crippen LogP contribution in [0.2, 0.25) is 0 Å². The lowest BCUT2D eigenvalue weighted by Crippen LogP contribution is -2.45. The van der Waals surface area contributed by atoms with Gasteiger partial charge in [0.15, 0.2) is 0 Å². The zero-order valence-corrected chi connectivity index (χ0v) is 46.5. The van der Waals surface area contributed by atoms with Gasteiger partial charge in [-0.15, -0.1) is 0 Å². The van der Waals surface area contributed by atoms with Crippen LogP contribution in [0.25, 0.3) is 0 Å². The van der Waals surface area contributed by atoms with E-state index in [2.05, 4.69) is 55.6 Å². The number of aliphatic hydroxyl groups excluding tert-OH is 1. The zero-order chi connectivity index (χ0) is 49.9. The van der Waals surface area contributed by atoms with E-state index in [1.807, 2.05) is 27.2 Å². The summed E-state index contributed by atoms with van der Waals surface area (Å²) in [6, 6.07) is -0.912. The van der Waals surface area contributed by atoms with Crippen LogP contribution in [0.5, 0.6) is 0 Å². The van der Waals surface area contributed by atoms with E-state index < -0.39 is 26.6 Å². The Bertz CT molecular complexity index is 1250. The van der Waals surface area contributed by atoms with Crippen molar-refractivity contribution in [1.29, 1.82) is 0 Å². The van der Waals surface area contributed by atoms with Gasteiger partial charge in [-0.05, 0) is 70.6 Å². The van der Waals surface area contributed by atoms with Gasteiger partial charge in [0, 0.05) is 6.42 Å². The topological polar surface area (TPSA) is 108 Å².